The molecule has 0 saturated carbocycles. The van der Waals surface area contributed by atoms with Crippen LogP contribution in [0.15, 0.2) is 45.3 Å². The van der Waals surface area contributed by atoms with Gasteiger partial charge in [-0.15, -0.1) is 0 Å². The van der Waals surface area contributed by atoms with Crippen molar-refractivity contribution in [1.29, 1.82) is 0 Å². The summed E-state index contributed by atoms with van der Waals surface area (Å²) < 4.78 is 13.1. The van der Waals surface area contributed by atoms with E-state index in [0.29, 0.717) is 6.61 Å². The zero-order valence-electron chi connectivity index (χ0n) is 10.8. The van der Waals surface area contributed by atoms with Gasteiger partial charge in [0, 0.05) is 10.9 Å². The van der Waals surface area contributed by atoms with Gasteiger partial charge in [0.15, 0.2) is 0 Å². The summed E-state index contributed by atoms with van der Waals surface area (Å²) in [6.07, 6.45) is 0. The third-order valence-electron chi connectivity index (χ3n) is 2.78. The van der Waals surface area contributed by atoms with Crippen molar-refractivity contribution in [2.45, 2.75) is 11.9 Å². The minimum absolute atomic E-state index is 0.453. The van der Waals surface area contributed by atoms with Gasteiger partial charge in [-0.1, -0.05) is 34.1 Å². The Kier molecular flexibility index (Phi) is 5.93. The predicted octanol–water partition coefficient (Wildman–Crippen LogP) is 5.69. The van der Waals surface area contributed by atoms with Crippen LogP contribution in [0, 0.1) is 0 Å². The maximum Gasteiger partial charge on any atom is 0.148 e. The third-order valence-corrected chi connectivity index (χ3v) is 4.60. The van der Waals surface area contributed by atoms with E-state index < -0.39 is 0 Å². The normalized spacial score (nSPS) is 10.4. The molecular weight excluding hydrogens is 452 g/mol. The first-order valence-corrected chi connectivity index (χ1v) is 8.65. The third kappa shape index (κ3) is 3.77. The molecule has 0 aromatic heterocycles. The lowest BCUT2D eigenvalue weighted by Crippen LogP contribution is -2.00. The topological polar surface area (TPSA) is 18.5 Å². The number of methoxy groups -OCH3 is 1. The Morgan fingerprint density at radius 3 is 2.30 bits per heavy atom. The monoisotopic (exact) mass is 462 g/mol. The van der Waals surface area contributed by atoms with E-state index in [0.717, 1.165) is 31.3 Å². The van der Waals surface area contributed by atoms with Crippen LogP contribution in [-0.4, -0.2) is 7.11 Å². The Bertz CT molecular complexity index is 576. The van der Waals surface area contributed by atoms with E-state index in [1.807, 2.05) is 36.4 Å². The summed E-state index contributed by atoms with van der Waals surface area (Å²) in [4.78, 5) is 0. The molecule has 20 heavy (non-hydrogen) atoms. The quantitative estimate of drug-likeness (QED) is 0.529. The number of rotatable bonds is 5. The zero-order valence-corrected chi connectivity index (χ0v) is 15.6. The number of hydrogen-bond donors (Lipinski definition) is 0. The van der Waals surface area contributed by atoms with Gasteiger partial charge in [0.2, 0.25) is 0 Å². The lowest BCUT2D eigenvalue weighted by Gasteiger charge is -2.13. The molecule has 0 radical (unpaired) electrons. The summed E-state index contributed by atoms with van der Waals surface area (Å²) in [7, 11) is 1.66. The van der Waals surface area contributed by atoms with Crippen LogP contribution in [0.5, 0.6) is 11.5 Å². The van der Waals surface area contributed by atoms with Crippen molar-refractivity contribution in [3.63, 3.8) is 0 Å². The molecule has 0 unspecified atom stereocenters. The van der Waals surface area contributed by atoms with Crippen molar-refractivity contribution < 1.29 is 9.47 Å². The lowest BCUT2D eigenvalue weighted by molar-refractivity contribution is 0.293. The maximum atomic E-state index is 5.91. The summed E-state index contributed by atoms with van der Waals surface area (Å²) in [6, 6.07) is 11.9. The second kappa shape index (κ2) is 7.48. The van der Waals surface area contributed by atoms with Gasteiger partial charge in [-0.05, 0) is 55.6 Å². The Balaban J connectivity index is 2.19. The molecular formula is C15H13Br3O2. The largest absolute Gasteiger partial charge is 0.496 e. The smallest absolute Gasteiger partial charge is 0.148 e. The molecule has 0 amide bonds. The molecule has 106 valence electrons. The second-order valence-electron chi connectivity index (χ2n) is 4.12. The Morgan fingerprint density at radius 2 is 1.70 bits per heavy atom. The van der Waals surface area contributed by atoms with Gasteiger partial charge in [0.05, 0.1) is 16.1 Å². The van der Waals surface area contributed by atoms with E-state index in [1.165, 1.54) is 5.56 Å². The highest BCUT2D eigenvalue weighted by Crippen LogP contribution is 2.36. The summed E-state index contributed by atoms with van der Waals surface area (Å²) in [5.74, 6) is 1.62. The highest BCUT2D eigenvalue weighted by atomic mass is 79.9. The van der Waals surface area contributed by atoms with Gasteiger partial charge in [-0.25, -0.2) is 0 Å². The average Bonchev–Trinajstić information content (AvgIpc) is 2.46. The summed E-state index contributed by atoms with van der Waals surface area (Å²) in [6.45, 7) is 0.453. The molecule has 2 aromatic rings. The fourth-order valence-corrected chi connectivity index (χ4v) is 3.63. The summed E-state index contributed by atoms with van der Waals surface area (Å²) >= 11 is 10.5. The van der Waals surface area contributed by atoms with Crippen LogP contribution in [0.25, 0.3) is 0 Å². The number of hydrogen-bond acceptors (Lipinski definition) is 2. The molecule has 0 spiro atoms. The highest BCUT2D eigenvalue weighted by Gasteiger charge is 2.10. The van der Waals surface area contributed by atoms with Crippen LogP contribution < -0.4 is 9.47 Å². The van der Waals surface area contributed by atoms with E-state index in [1.54, 1.807) is 7.11 Å². The van der Waals surface area contributed by atoms with E-state index in [9.17, 15) is 0 Å². The molecule has 2 aromatic carbocycles. The van der Waals surface area contributed by atoms with Crippen LogP contribution >= 0.6 is 47.8 Å². The van der Waals surface area contributed by atoms with Crippen molar-refractivity contribution in [3.8, 4) is 11.5 Å². The number of ether oxygens (including phenoxy) is 2. The van der Waals surface area contributed by atoms with Crippen LogP contribution in [-0.2, 0) is 11.9 Å². The minimum atomic E-state index is 0.453. The molecule has 0 aliphatic rings. The Morgan fingerprint density at radius 1 is 1.05 bits per heavy atom. The molecule has 0 bridgehead atoms. The second-order valence-corrected chi connectivity index (χ2v) is 6.39. The molecule has 2 rings (SSSR count). The van der Waals surface area contributed by atoms with Crippen LogP contribution in [0.3, 0.4) is 0 Å². The molecule has 0 atom stereocenters. The molecule has 0 aliphatic carbocycles. The Hall–Kier alpha value is -0.520. The first-order chi connectivity index (χ1) is 9.65. The van der Waals surface area contributed by atoms with Gasteiger partial charge in [0.1, 0.15) is 18.1 Å². The van der Waals surface area contributed by atoms with Gasteiger partial charge >= 0.3 is 0 Å². The summed E-state index contributed by atoms with van der Waals surface area (Å²) in [5.41, 5.74) is 2.19. The van der Waals surface area contributed by atoms with Crippen molar-refractivity contribution in [2.24, 2.45) is 0 Å². The van der Waals surface area contributed by atoms with Gasteiger partial charge < -0.3 is 9.47 Å². The minimum Gasteiger partial charge on any atom is -0.496 e. The molecule has 0 aliphatic heterocycles. The van der Waals surface area contributed by atoms with Gasteiger partial charge in [0.25, 0.3) is 0 Å². The van der Waals surface area contributed by atoms with E-state index >= 15 is 0 Å². The first kappa shape index (κ1) is 15.9. The van der Waals surface area contributed by atoms with Crippen molar-refractivity contribution in [1.82, 2.24) is 0 Å². The first-order valence-electron chi connectivity index (χ1n) is 5.94. The molecule has 5 heteroatoms. The van der Waals surface area contributed by atoms with Crippen molar-refractivity contribution >= 4 is 47.8 Å². The van der Waals surface area contributed by atoms with Gasteiger partial charge in [-0.3, -0.25) is 0 Å². The number of alkyl halides is 1. The van der Waals surface area contributed by atoms with Gasteiger partial charge in [-0.2, -0.15) is 0 Å². The fourth-order valence-electron chi connectivity index (χ4n) is 1.80. The van der Waals surface area contributed by atoms with E-state index in [-0.39, 0.29) is 0 Å². The predicted molar refractivity (Wildman–Crippen MR) is 91.8 cm³/mol. The molecule has 0 N–H and O–H groups in total. The molecule has 0 saturated heterocycles. The van der Waals surface area contributed by atoms with Crippen molar-refractivity contribution in [3.05, 3.63) is 56.5 Å². The highest BCUT2D eigenvalue weighted by molar-refractivity contribution is 9.11. The molecule has 0 fully saturated rings. The standard InChI is InChI=1S/C15H13Br3O2/c1-19-14-5-3-2-4-11(14)9-20-15-12(17)6-10(8-16)7-13(15)18/h2-7H,8-9H2,1H3. The van der Waals surface area contributed by atoms with E-state index in [4.69, 9.17) is 9.47 Å². The van der Waals surface area contributed by atoms with E-state index in [2.05, 4.69) is 47.8 Å². The molecule has 0 heterocycles. The SMILES string of the molecule is COc1ccccc1COc1c(Br)cc(CBr)cc1Br. The summed E-state index contributed by atoms with van der Waals surface area (Å²) in [5, 5.41) is 0.803. The van der Waals surface area contributed by atoms with Crippen LogP contribution in [0.1, 0.15) is 11.1 Å². The molecule has 2 nitrogen and oxygen atoms in total. The van der Waals surface area contributed by atoms with Crippen LogP contribution in [0.4, 0.5) is 0 Å². The number of benzene rings is 2. The number of para-hydroxylation sites is 1. The zero-order chi connectivity index (χ0) is 14.5. The lowest BCUT2D eigenvalue weighted by atomic mass is 10.2. The average molecular weight is 465 g/mol. The van der Waals surface area contributed by atoms with Crippen molar-refractivity contribution in [2.75, 3.05) is 7.11 Å². The Labute approximate surface area is 143 Å². The maximum absolute atomic E-state index is 5.91. The van der Waals surface area contributed by atoms with Crippen LogP contribution in [0.2, 0.25) is 0 Å². The fraction of sp³-hybridized carbons (Fsp3) is 0.200. The number of halogens is 3.